The van der Waals surface area contributed by atoms with Crippen LogP contribution in [0.3, 0.4) is 0 Å². The van der Waals surface area contributed by atoms with Gasteiger partial charge in [0.25, 0.3) is 0 Å². The summed E-state index contributed by atoms with van der Waals surface area (Å²) >= 11 is 0. The van der Waals surface area contributed by atoms with Crippen LogP contribution in [-0.4, -0.2) is 30.1 Å². The number of benzene rings is 1. The summed E-state index contributed by atoms with van der Waals surface area (Å²) in [6.07, 6.45) is 1.09. The fourth-order valence-corrected chi connectivity index (χ4v) is 1.69. The van der Waals surface area contributed by atoms with Gasteiger partial charge in [-0.05, 0) is 26.1 Å². The van der Waals surface area contributed by atoms with Gasteiger partial charge in [0.05, 0.1) is 6.10 Å². The molecule has 0 heterocycles. The minimum absolute atomic E-state index is 0.0216. The first kappa shape index (κ1) is 14.1. The Morgan fingerprint density at radius 3 is 2.71 bits per heavy atom. The van der Waals surface area contributed by atoms with E-state index in [1.165, 1.54) is 12.1 Å². The summed E-state index contributed by atoms with van der Waals surface area (Å²) in [7, 11) is 1.86. The normalized spacial score (nSPS) is 13.1. The summed E-state index contributed by atoms with van der Waals surface area (Å²) in [6.45, 7) is 3.22. The van der Waals surface area contributed by atoms with Crippen LogP contribution in [-0.2, 0) is 0 Å². The zero-order valence-electron chi connectivity index (χ0n) is 10.3. The molecule has 0 aliphatic heterocycles. The highest BCUT2D eigenvalue weighted by molar-refractivity contribution is 5.21. The molecule has 1 aromatic rings. The van der Waals surface area contributed by atoms with Gasteiger partial charge in [0, 0.05) is 12.1 Å². The van der Waals surface area contributed by atoms with Crippen LogP contribution in [0.15, 0.2) is 18.2 Å². The standard InChI is InChI=1S/C13H19F2NO/c1-3-4-8-16(2)9-12(17)10-6-5-7-11(14)13(10)15/h5-7,12,17H,3-4,8-9H2,1-2H3. The lowest BCUT2D eigenvalue weighted by Crippen LogP contribution is -2.26. The van der Waals surface area contributed by atoms with Gasteiger partial charge in [0.15, 0.2) is 11.6 Å². The third-order valence-electron chi connectivity index (χ3n) is 2.72. The molecule has 1 unspecified atom stereocenters. The predicted octanol–water partition coefficient (Wildman–Crippen LogP) is 2.73. The molecular weight excluding hydrogens is 224 g/mol. The zero-order chi connectivity index (χ0) is 12.8. The molecule has 2 nitrogen and oxygen atoms in total. The lowest BCUT2D eigenvalue weighted by atomic mass is 10.1. The lowest BCUT2D eigenvalue weighted by molar-refractivity contribution is 0.122. The van der Waals surface area contributed by atoms with Crippen LogP contribution in [0.1, 0.15) is 31.4 Å². The van der Waals surface area contributed by atoms with Crippen molar-refractivity contribution in [2.75, 3.05) is 20.1 Å². The highest BCUT2D eigenvalue weighted by atomic mass is 19.2. The van der Waals surface area contributed by atoms with Crippen molar-refractivity contribution in [3.63, 3.8) is 0 Å². The SMILES string of the molecule is CCCCN(C)CC(O)c1cccc(F)c1F. The van der Waals surface area contributed by atoms with Gasteiger partial charge < -0.3 is 10.0 Å². The van der Waals surface area contributed by atoms with Crippen molar-refractivity contribution < 1.29 is 13.9 Å². The van der Waals surface area contributed by atoms with Crippen molar-refractivity contribution in [2.45, 2.75) is 25.9 Å². The molecular formula is C13H19F2NO. The van der Waals surface area contributed by atoms with Crippen molar-refractivity contribution >= 4 is 0 Å². The largest absolute Gasteiger partial charge is 0.387 e. The molecule has 1 aromatic carbocycles. The molecule has 0 amide bonds. The third kappa shape index (κ3) is 4.06. The van der Waals surface area contributed by atoms with E-state index in [4.69, 9.17) is 0 Å². The lowest BCUT2D eigenvalue weighted by Gasteiger charge is -2.20. The van der Waals surface area contributed by atoms with Gasteiger partial charge in [-0.2, -0.15) is 0 Å². The number of halogens is 2. The van der Waals surface area contributed by atoms with Gasteiger partial charge in [0.1, 0.15) is 0 Å². The summed E-state index contributed by atoms with van der Waals surface area (Å²) in [4.78, 5) is 1.92. The molecule has 0 fully saturated rings. The van der Waals surface area contributed by atoms with Crippen LogP contribution >= 0.6 is 0 Å². The van der Waals surface area contributed by atoms with E-state index in [9.17, 15) is 13.9 Å². The first-order chi connectivity index (χ1) is 8.06. The molecule has 0 aliphatic carbocycles. The van der Waals surface area contributed by atoms with E-state index in [2.05, 4.69) is 6.92 Å². The number of aliphatic hydroxyl groups excluding tert-OH is 1. The third-order valence-corrected chi connectivity index (χ3v) is 2.72. The fourth-order valence-electron chi connectivity index (χ4n) is 1.69. The molecule has 0 saturated heterocycles. The van der Waals surface area contributed by atoms with Gasteiger partial charge in [0.2, 0.25) is 0 Å². The van der Waals surface area contributed by atoms with E-state index < -0.39 is 17.7 Å². The number of hydrogen-bond acceptors (Lipinski definition) is 2. The van der Waals surface area contributed by atoms with Gasteiger partial charge in [-0.3, -0.25) is 0 Å². The van der Waals surface area contributed by atoms with Crippen LogP contribution in [0.2, 0.25) is 0 Å². The second kappa shape index (κ2) is 6.67. The Kier molecular flexibility index (Phi) is 5.51. The summed E-state index contributed by atoms with van der Waals surface area (Å²) in [6, 6.07) is 3.87. The molecule has 1 rings (SSSR count). The van der Waals surface area contributed by atoms with Crippen molar-refractivity contribution in [2.24, 2.45) is 0 Å². The Labute approximate surface area is 101 Å². The average Bonchev–Trinajstić information content (AvgIpc) is 2.29. The van der Waals surface area contributed by atoms with Crippen LogP contribution < -0.4 is 0 Å². The van der Waals surface area contributed by atoms with Crippen LogP contribution in [0.25, 0.3) is 0 Å². The molecule has 4 heteroatoms. The Morgan fingerprint density at radius 2 is 2.06 bits per heavy atom. The summed E-state index contributed by atoms with van der Waals surface area (Å²) in [5, 5.41) is 9.85. The molecule has 96 valence electrons. The topological polar surface area (TPSA) is 23.5 Å². The molecule has 0 spiro atoms. The molecule has 0 radical (unpaired) electrons. The number of unbranched alkanes of at least 4 members (excludes halogenated alkanes) is 1. The first-order valence-electron chi connectivity index (χ1n) is 5.86. The first-order valence-corrected chi connectivity index (χ1v) is 5.86. The zero-order valence-corrected chi connectivity index (χ0v) is 10.3. The van der Waals surface area contributed by atoms with Crippen LogP contribution in [0.5, 0.6) is 0 Å². The van der Waals surface area contributed by atoms with Gasteiger partial charge in [-0.25, -0.2) is 8.78 Å². The monoisotopic (exact) mass is 243 g/mol. The number of aliphatic hydroxyl groups is 1. The second-order valence-electron chi connectivity index (χ2n) is 4.27. The molecule has 1 atom stereocenters. The molecule has 17 heavy (non-hydrogen) atoms. The van der Waals surface area contributed by atoms with E-state index in [1.54, 1.807) is 0 Å². The summed E-state index contributed by atoms with van der Waals surface area (Å²) in [5.74, 6) is -1.87. The molecule has 0 aromatic heterocycles. The van der Waals surface area contributed by atoms with Gasteiger partial charge >= 0.3 is 0 Å². The Balaban J connectivity index is 2.63. The minimum atomic E-state index is -0.993. The van der Waals surface area contributed by atoms with E-state index in [1.807, 2.05) is 11.9 Å². The summed E-state index contributed by atoms with van der Waals surface area (Å²) in [5.41, 5.74) is 0.0216. The maximum absolute atomic E-state index is 13.4. The Bertz CT molecular complexity index is 357. The highest BCUT2D eigenvalue weighted by Crippen LogP contribution is 2.19. The second-order valence-corrected chi connectivity index (χ2v) is 4.27. The maximum Gasteiger partial charge on any atom is 0.164 e. The maximum atomic E-state index is 13.4. The number of rotatable bonds is 6. The molecule has 0 bridgehead atoms. The minimum Gasteiger partial charge on any atom is -0.387 e. The van der Waals surface area contributed by atoms with Crippen molar-refractivity contribution in [1.82, 2.24) is 4.90 Å². The van der Waals surface area contributed by atoms with E-state index in [-0.39, 0.29) is 5.56 Å². The van der Waals surface area contributed by atoms with Gasteiger partial charge in [-0.15, -0.1) is 0 Å². The number of nitrogens with zero attached hydrogens (tertiary/aromatic N) is 1. The quantitative estimate of drug-likeness (QED) is 0.830. The van der Waals surface area contributed by atoms with Gasteiger partial charge in [-0.1, -0.05) is 25.5 Å². The number of hydrogen-bond donors (Lipinski definition) is 1. The van der Waals surface area contributed by atoms with E-state index in [0.29, 0.717) is 6.54 Å². The average molecular weight is 243 g/mol. The van der Waals surface area contributed by atoms with E-state index >= 15 is 0 Å². The Morgan fingerprint density at radius 1 is 1.35 bits per heavy atom. The smallest absolute Gasteiger partial charge is 0.164 e. The van der Waals surface area contributed by atoms with Crippen molar-refractivity contribution in [3.05, 3.63) is 35.4 Å². The molecule has 0 aliphatic rings. The molecule has 0 saturated carbocycles. The summed E-state index contributed by atoms with van der Waals surface area (Å²) < 4.78 is 26.4. The van der Waals surface area contributed by atoms with Crippen molar-refractivity contribution in [1.29, 1.82) is 0 Å². The van der Waals surface area contributed by atoms with Crippen LogP contribution in [0, 0.1) is 11.6 Å². The predicted molar refractivity (Wildman–Crippen MR) is 63.7 cm³/mol. The molecule has 1 N–H and O–H groups in total. The Hall–Kier alpha value is -1.00. The van der Waals surface area contributed by atoms with Crippen LogP contribution in [0.4, 0.5) is 8.78 Å². The van der Waals surface area contributed by atoms with Crippen molar-refractivity contribution in [3.8, 4) is 0 Å². The fraction of sp³-hybridized carbons (Fsp3) is 0.538. The number of likely N-dealkylation sites (N-methyl/N-ethyl adjacent to an activating group) is 1. The van der Waals surface area contributed by atoms with E-state index in [0.717, 1.165) is 25.5 Å². The highest BCUT2D eigenvalue weighted by Gasteiger charge is 2.17.